The Kier molecular flexibility index (Phi) is 6.83. The number of hydrogen-bond donors (Lipinski definition) is 1. The Bertz CT molecular complexity index is 461. The van der Waals surface area contributed by atoms with E-state index in [1.807, 2.05) is 0 Å². The molecule has 1 aliphatic rings. The van der Waals surface area contributed by atoms with Gasteiger partial charge in [-0.05, 0) is 51.6 Å². The lowest BCUT2D eigenvalue weighted by Gasteiger charge is -2.30. The Balaban J connectivity index is 1.49. The third-order valence-corrected chi connectivity index (χ3v) is 4.08. The second-order valence-electron chi connectivity index (χ2n) is 6.34. The van der Waals surface area contributed by atoms with E-state index < -0.39 is 0 Å². The molecule has 1 atom stereocenters. The summed E-state index contributed by atoms with van der Waals surface area (Å²) < 4.78 is 5.02. The third-order valence-electron chi connectivity index (χ3n) is 4.08. The Hall–Kier alpha value is -1.43. The van der Waals surface area contributed by atoms with E-state index in [4.69, 9.17) is 4.52 Å². The van der Waals surface area contributed by atoms with Crippen LogP contribution in [-0.2, 0) is 11.2 Å². The molecule has 1 unspecified atom stereocenters. The highest BCUT2D eigenvalue weighted by Gasteiger charge is 2.15. The van der Waals surface area contributed by atoms with Crippen LogP contribution in [0.3, 0.4) is 0 Å². The molecule has 1 amide bonds. The average Bonchev–Trinajstić information content (AvgIpc) is 2.89. The van der Waals surface area contributed by atoms with Gasteiger partial charge >= 0.3 is 0 Å². The summed E-state index contributed by atoms with van der Waals surface area (Å²) in [7, 11) is 0. The Morgan fingerprint density at radius 1 is 1.45 bits per heavy atom. The van der Waals surface area contributed by atoms with E-state index in [9.17, 15) is 4.79 Å². The van der Waals surface area contributed by atoms with Gasteiger partial charge in [0.15, 0.2) is 5.82 Å². The quantitative estimate of drug-likeness (QED) is 0.743. The molecule has 0 aliphatic carbocycles. The number of likely N-dealkylation sites (tertiary alicyclic amines) is 1. The number of aromatic nitrogens is 2. The molecule has 1 aromatic heterocycles. The summed E-state index contributed by atoms with van der Waals surface area (Å²) >= 11 is 0. The van der Waals surface area contributed by atoms with Crippen molar-refractivity contribution in [2.75, 3.05) is 26.2 Å². The van der Waals surface area contributed by atoms with E-state index in [0.29, 0.717) is 24.6 Å². The van der Waals surface area contributed by atoms with Gasteiger partial charge < -0.3 is 14.7 Å². The van der Waals surface area contributed by atoms with Crippen LogP contribution in [0.1, 0.15) is 50.7 Å². The van der Waals surface area contributed by atoms with Crippen LogP contribution in [0.2, 0.25) is 0 Å². The SMILES string of the molecule is Cc1noc(CCCC(=O)NCCCN2CCCC(C)C2)n1. The zero-order valence-electron chi connectivity index (χ0n) is 13.8. The Morgan fingerprint density at radius 3 is 3.05 bits per heavy atom. The van der Waals surface area contributed by atoms with E-state index in [0.717, 1.165) is 31.8 Å². The second kappa shape index (κ2) is 8.88. The molecule has 22 heavy (non-hydrogen) atoms. The number of rotatable bonds is 8. The van der Waals surface area contributed by atoms with Gasteiger partial charge in [-0.2, -0.15) is 4.98 Å². The molecule has 1 fully saturated rings. The highest BCUT2D eigenvalue weighted by molar-refractivity contribution is 5.75. The number of amides is 1. The lowest BCUT2D eigenvalue weighted by Crippen LogP contribution is -2.36. The number of carbonyl (C=O) groups excluding carboxylic acids is 1. The molecule has 1 aromatic rings. The monoisotopic (exact) mass is 308 g/mol. The molecule has 0 aromatic carbocycles. The number of aryl methyl sites for hydroxylation is 2. The van der Waals surface area contributed by atoms with Gasteiger partial charge in [0.25, 0.3) is 0 Å². The van der Waals surface area contributed by atoms with Crippen molar-refractivity contribution in [3.63, 3.8) is 0 Å². The second-order valence-corrected chi connectivity index (χ2v) is 6.34. The number of piperidine rings is 1. The maximum atomic E-state index is 11.8. The van der Waals surface area contributed by atoms with Crippen molar-refractivity contribution >= 4 is 5.91 Å². The van der Waals surface area contributed by atoms with Gasteiger partial charge in [0.05, 0.1) is 0 Å². The minimum atomic E-state index is 0.114. The normalized spacial score (nSPS) is 19.3. The Labute approximate surface area is 132 Å². The fourth-order valence-electron chi connectivity index (χ4n) is 2.95. The lowest BCUT2D eigenvalue weighted by molar-refractivity contribution is -0.121. The summed E-state index contributed by atoms with van der Waals surface area (Å²) in [6, 6.07) is 0. The molecule has 1 N–H and O–H groups in total. The lowest BCUT2D eigenvalue weighted by atomic mass is 10.0. The molecular formula is C16H28N4O2. The highest BCUT2D eigenvalue weighted by Crippen LogP contribution is 2.15. The van der Waals surface area contributed by atoms with Gasteiger partial charge in [0.2, 0.25) is 11.8 Å². The van der Waals surface area contributed by atoms with Crippen molar-refractivity contribution in [1.82, 2.24) is 20.4 Å². The predicted molar refractivity (Wildman–Crippen MR) is 84.4 cm³/mol. The largest absolute Gasteiger partial charge is 0.356 e. The van der Waals surface area contributed by atoms with Crippen molar-refractivity contribution in [3.05, 3.63) is 11.7 Å². The van der Waals surface area contributed by atoms with Crippen LogP contribution in [0, 0.1) is 12.8 Å². The molecular weight excluding hydrogens is 280 g/mol. The van der Waals surface area contributed by atoms with Gasteiger partial charge in [-0.25, -0.2) is 0 Å². The molecule has 124 valence electrons. The molecule has 2 rings (SSSR count). The first-order valence-electron chi connectivity index (χ1n) is 8.41. The van der Waals surface area contributed by atoms with E-state index in [1.165, 1.54) is 25.9 Å². The fourth-order valence-corrected chi connectivity index (χ4v) is 2.95. The number of nitrogens with one attached hydrogen (secondary N) is 1. The highest BCUT2D eigenvalue weighted by atomic mass is 16.5. The topological polar surface area (TPSA) is 71.3 Å². The van der Waals surface area contributed by atoms with Crippen LogP contribution >= 0.6 is 0 Å². The van der Waals surface area contributed by atoms with Crippen LogP contribution in [0.25, 0.3) is 0 Å². The first-order chi connectivity index (χ1) is 10.6. The zero-order valence-corrected chi connectivity index (χ0v) is 13.8. The Morgan fingerprint density at radius 2 is 2.32 bits per heavy atom. The van der Waals surface area contributed by atoms with Crippen LogP contribution < -0.4 is 5.32 Å². The summed E-state index contributed by atoms with van der Waals surface area (Å²) in [5.74, 6) is 2.19. The van der Waals surface area contributed by atoms with Crippen LogP contribution in [0.15, 0.2) is 4.52 Å². The number of nitrogens with zero attached hydrogens (tertiary/aromatic N) is 3. The summed E-state index contributed by atoms with van der Waals surface area (Å²) in [6.07, 6.45) is 5.62. The predicted octanol–water partition coefficient (Wildman–Crippen LogP) is 1.94. The average molecular weight is 308 g/mol. The minimum Gasteiger partial charge on any atom is -0.356 e. The molecule has 0 radical (unpaired) electrons. The zero-order chi connectivity index (χ0) is 15.8. The van der Waals surface area contributed by atoms with Crippen molar-refractivity contribution < 1.29 is 9.32 Å². The summed E-state index contributed by atoms with van der Waals surface area (Å²) in [6.45, 7) is 8.39. The number of hydrogen-bond acceptors (Lipinski definition) is 5. The minimum absolute atomic E-state index is 0.114. The number of carbonyl (C=O) groups is 1. The molecule has 0 bridgehead atoms. The van der Waals surface area contributed by atoms with E-state index in [1.54, 1.807) is 6.92 Å². The van der Waals surface area contributed by atoms with Crippen molar-refractivity contribution in [2.45, 2.75) is 52.4 Å². The van der Waals surface area contributed by atoms with Crippen molar-refractivity contribution in [3.8, 4) is 0 Å². The van der Waals surface area contributed by atoms with Gasteiger partial charge in [-0.1, -0.05) is 12.1 Å². The van der Waals surface area contributed by atoms with Gasteiger partial charge in [0.1, 0.15) is 0 Å². The first-order valence-corrected chi connectivity index (χ1v) is 8.41. The fraction of sp³-hybridized carbons (Fsp3) is 0.812. The maximum absolute atomic E-state index is 11.8. The summed E-state index contributed by atoms with van der Waals surface area (Å²) in [5.41, 5.74) is 0. The standard InChI is InChI=1S/C16H28N4O2/c1-13-6-4-10-20(12-13)11-5-9-17-15(21)7-3-8-16-18-14(2)19-22-16/h13H,3-12H2,1-2H3,(H,17,21). The molecule has 6 nitrogen and oxygen atoms in total. The van der Waals surface area contributed by atoms with Crippen LogP contribution in [0.5, 0.6) is 0 Å². The molecule has 2 heterocycles. The van der Waals surface area contributed by atoms with Crippen molar-refractivity contribution in [1.29, 1.82) is 0 Å². The molecule has 1 aliphatic heterocycles. The van der Waals surface area contributed by atoms with E-state index in [-0.39, 0.29) is 5.91 Å². The summed E-state index contributed by atoms with van der Waals surface area (Å²) in [5, 5.41) is 6.73. The van der Waals surface area contributed by atoms with Gasteiger partial charge in [0, 0.05) is 25.9 Å². The molecule has 0 spiro atoms. The maximum Gasteiger partial charge on any atom is 0.226 e. The van der Waals surface area contributed by atoms with Gasteiger partial charge in [-0.15, -0.1) is 0 Å². The molecule has 0 saturated carbocycles. The van der Waals surface area contributed by atoms with Gasteiger partial charge in [-0.3, -0.25) is 4.79 Å². The van der Waals surface area contributed by atoms with E-state index in [2.05, 4.69) is 27.3 Å². The van der Waals surface area contributed by atoms with Crippen LogP contribution in [0.4, 0.5) is 0 Å². The smallest absolute Gasteiger partial charge is 0.226 e. The third kappa shape index (κ3) is 6.13. The van der Waals surface area contributed by atoms with Crippen LogP contribution in [-0.4, -0.2) is 47.1 Å². The summed E-state index contributed by atoms with van der Waals surface area (Å²) in [4.78, 5) is 18.4. The first kappa shape index (κ1) is 16.9. The van der Waals surface area contributed by atoms with E-state index >= 15 is 0 Å². The molecule has 1 saturated heterocycles. The van der Waals surface area contributed by atoms with Crippen molar-refractivity contribution in [2.24, 2.45) is 5.92 Å². The molecule has 6 heteroatoms.